The van der Waals surface area contributed by atoms with Gasteiger partial charge in [-0.3, -0.25) is 4.57 Å². The van der Waals surface area contributed by atoms with Gasteiger partial charge in [0, 0.05) is 0 Å². The Kier molecular flexibility index (Phi) is 3.85. The largest absolute Gasteiger partial charge is 0.469 e. The number of imidazole rings is 1. The number of aromatic nitrogens is 2. The van der Waals surface area contributed by atoms with Gasteiger partial charge >= 0.3 is 12.5 Å². The molecule has 2 aromatic heterocycles. The van der Waals surface area contributed by atoms with Crippen LogP contribution in [0.15, 0.2) is 41.0 Å². The monoisotopic (exact) mass is 320 g/mol. The Bertz CT molecular complexity index is 854. The van der Waals surface area contributed by atoms with Gasteiger partial charge in [-0.05, 0) is 32.0 Å². The fourth-order valence-corrected chi connectivity index (χ4v) is 2.43. The molecule has 1 atom stereocenters. The lowest BCUT2D eigenvalue weighted by atomic mass is 10.2. The van der Waals surface area contributed by atoms with Crippen molar-refractivity contribution in [2.75, 3.05) is 0 Å². The van der Waals surface area contributed by atoms with Gasteiger partial charge in [0.15, 0.2) is 11.9 Å². The Labute approximate surface area is 130 Å². The van der Waals surface area contributed by atoms with Gasteiger partial charge < -0.3 is 9.15 Å². The number of carbonyl (C=O) groups excluding carboxylic acids is 1. The molecule has 0 radical (unpaired) electrons. The van der Waals surface area contributed by atoms with E-state index in [1.165, 1.54) is 19.3 Å². The first-order valence-electron chi connectivity index (χ1n) is 6.99. The van der Waals surface area contributed by atoms with Crippen molar-refractivity contribution in [2.45, 2.75) is 26.5 Å². The van der Waals surface area contributed by atoms with Gasteiger partial charge in [-0.25, -0.2) is 9.78 Å². The van der Waals surface area contributed by atoms with E-state index in [0.717, 1.165) is 4.57 Å². The van der Waals surface area contributed by atoms with Crippen molar-refractivity contribution < 1.29 is 22.7 Å². The number of para-hydroxylation sites is 2. The third-order valence-corrected chi connectivity index (χ3v) is 3.54. The number of hydrogen-bond donors (Lipinski definition) is 0. The molecule has 0 fully saturated rings. The fourth-order valence-electron chi connectivity index (χ4n) is 2.43. The number of hydrogen-bond acceptors (Lipinski definition) is 4. The SMILES string of the molecule is Cc1occc1C(=O)OC(C)c1nc2ccccc2n1C(F)F. The molecule has 23 heavy (non-hydrogen) atoms. The summed E-state index contributed by atoms with van der Waals surface area (Å²) in [6.07, 6.45) is 0.434. The predicted molar refractivity (Wildman–Crippen MR) is 78.3 cm³/mol. The highest BCUT2D eigenvalue weighted by Crippen LogP contribution is 2.28. The number of fused-ring (bicyclic) bond motifs is 1. The normalized spacial score (nSPS) is 12.7. The summed E-state index contributed by atoms with van der Waals surface area (Å²) in [6, 6.07) is 8.01. The number of esters is 1. The molecule has 2 heterocycles. The summed E-state index contributed by atoms with van der Waals surface area (Å²) in [5.41, 5.74) is 0.974. The van der Waals surface area contributed by atoms with Gasteiger partial charge in [0.25, 0.3) is 0 Å². The van der Waals surface area contributed by atoms with Crippen LogP contribution >= 0.6 is 0 Å². The molecule has 3 rings (SSSR count). The number of ether oxygens (including phenoxy) is 1. The highest BCUT2D eigenvalue weighted by Gasteiger charge is 2.25. The van der Waals surface area contributed by atoms with Crippen LogP contribution in [-0.4, -0.2) is 15.5 Å². The zero-order chi connectivity index (χ0) is 16.6. The molecule has 120 valence electrons. The lowest BCUT2D eigenvalue weighted by Crippen LogP contribution is -2.14. The first-order chi connectivity index (χ1) is 11.0. The van der Waals surface area contributed by atoms with Gasteiger partial charge in [-0.1, -0.05) is 12.1 Å². The van der Waals surface area contributed by atoms with E-state index in [-0.39, 0.29) is 11.4 Å². The van der Waals surface area contributed by atoms with E-state index in [9.17, 15) is 13.6 Å². The number of aryl methyl sites for hydroxylation is 1. The van der Waals surface area contributed by atoms with Gasteiger partial charge in [0.05, 0.1) is 17.3 Å². The number of nitrogens with zero attached hydrogens (tertiary/aromatic N) is 2. The molecule has 0 aliphatic carbocycles. The van der Waals surface area contributed by atoms with Crippen LogP contribution in [0.4, 0.5) is 8.78 Å². The quantitative estimate of drug-likeness (QED) is 0.674. The first kappa shape index (κ1) is 15.2. The van der Waals surface area contributed by atoms with Crippen LogP contribution in [0.2, 0.25) is 0 Å². The molecule has 0 saturated carbocycles. The van der Waals surface area contributed by atoms with Gasteiger partial charge in [0.1, 0.15) is 11.3 Å². The predicted octanol–water partition coefficient (Wildman–Crippen LogP) is 4.25. The van der Waals surface area contributed by atoms with Crippen LogP contribution in [-0.2, 0) is 4.74 Å². The molecule has 3 aromatic rings. The Morgan fingerprint density at radius 1 is 1.30 bits per heavy atom. The van der Waals surface area contributed by atoms with E-state index in [1.807, 2.05) is 0 Å². The minimum atomic E-state index is -2.78. The summed E-state index contributed by atoms with van der Waals surface area (Å²) in [7, 11) is 0. The average Bonchev–Trinajstić information content (AvgIpc) is 3.10. The molecule has 0 aliphatic rings. The lowest BCUT2D eigenvalue weighted by molar-refractivity contribution is 0.0231. The summed E-state index contributed by atoms with van der Waals surface area (Å²) in [4.78, 5) is 16.3. The molecule has 0 aliphatic heterocycles. The average molecular weight is 320 g/mol. The minimum absolute atomic E-state index is 0.00398. The highest BCUT2D eigenvalue weighted by molar-refractivity contribution is 5.90. The number of furan rings is 1. The van der Waals surface area contributed by atoms with E-state index in [0.29, 0.717) is 16.8 Å². The Hall–Kier alpha value is -2.70. The van der Waals surface area contributed by atoms with E-state index in [4.69, 9.17) is 9.15 Å². The number of halogens is 2. The molecule has 0 N–H and O–H groups in total. The molecule has 7 heteroatoms. The zero-order valence-electron chi connectivity index (χ0n) is 12.5. The van der Waals surface area contributed by atoms with Gasteiger partial charge in [0.2, 0.25) is 0 Å². The maximum atomic E-state index is 13.4. The third kappa shape index (κ3) is 2.69. The second kappa shape index (κ2) is 5.83. The second-order valence-corrected chi connectivity index (χ2v) is 5.04. The smallest absolute Gasteiger partial charge is 0.342 e. The molecule has 1 aromatic carbocycles. The summed E-state index contributed by atoms with van der Waals surface area (Å²) in [5, 5.41) is 0. The first-order valence-corrected chi connectivity index (χ1v) is 6.99. The molecule has 0 amide bonds. The maximum Gasteiger partial charge on any atom is 0.342 e. The van der Waals surface area contributed by atoms with Crippen LogP contribution < -0.4 is 0 Å². The Balaban J connectivity index is 1.95. The zero-order valence-corrected chi connectivity index (χ0v) is 12.5. The lowest BCUT2D eigenvalue weighted by Gasteiger charge is -2.14. The van der Waals surface area contributed by atoms with Crippen LogP contribution in [0.1, 0.15) is 41.5 Å². The van der Waals surface area contributed by atoms with Crippen LogP contribution in [0.5, 0.6) is 0 Å². The fraction of sp³-hybridized carbons (Fsp3) is 0.250. The number of rotatable bonds is 4. The number of benzene rings is 1. The summed E-state index contributed by atoms with van der Waals surface area (Å²) in [5.74, 6) is -0.239. The van der Waals surface area contributed by atoms with Crippen LogP contribution in [0, 0.1) is 6.92 Å². The van der Waals surface area contributed by atoms with Crippen LogP contribution in [0.25, 0.3) is 11.0 Å². The Morgan fingerprint density at radius 3 is 2.70 bits per heavy atom. The maximum absolute atomic E-state index is 13.4. The summed E-state index contributed by atoms with van der Waals surface area (Å²) in [6.45, 7) is 0.345. The molecule has 0 spiro atoms. The minimum Gasteiger partial charge on any atom is -0.469 e. The van der Waals surface area contributed by atoms with E-state index in [1.54, 1.807) is 31.2 Å². The van der Waals surface area contributed by atoms with E-state index in [2.05, 4.69) is 4.98 Å². The molecule has 0 saturated heterocycles. The number of alkyl halides is 2. The van der Waals surface area contributed by atoms with Crippen molar-refractivity contribution >= 4 is 17.0 Å². The molecule has 1 unspecified atom stereocenters. The van der Waals surface area contributed by atoms with Crippen molar-refractivity contribution in [3.8, 4) is 0 Å². The van der Waals surface area contributed by atoms with Crippen molar-refractivity contribution in [3.05, 3.63) is 53.7 Å². The summed E-state index contributed by atoms with van der Waals surface area (Å²) >= 11 is 0. The van der Waals surface area contributed by atoms with Crippen molar-refractivity contribution in [1.29, 1.82) is 0 Å². The van der Waals surface area contributed by atoms with E-state index >= 15 is 0 Å². The number of carbonyl (C=O) groups is 1. The molecule has 5 nitrogen and oxygen atoms in total. The van der Waals surface area contributed by atoms with Crippen molar-refractivity contribution in [1.82, 2.24) is 9.55 Å². The standard InChI is InChI=1S/C16H14F2N2O3/c1-9-11(7-8-22-9)15(21)23-10(2)14-19-12-5-3-4-6-13(12)20(14)16(17)18/h3-8,10,16H,1-2H3. The Morgan fingerprint density at radius 2 is 2.04 bits per heavy atom. The highest BCUT2D eigenvalue weighted by atomic mass is 19.3. The van der Waals surface area contributed by atoms with Crippen molar-refractivity contribution in [2.24, 2.45) is 0 Å². The van der Waals surface area contributed by atoms with Crippen LogP contribution in [0.3, 0.4) is 0 Å². The molecular weight excluding hydrogens is 306 g/mol. The third-order valence-electron chi connectivity index (χ3n) is 3.54. The van der Waals surface area contributed by atoms with Gasteiger partial charge in [-0.15, -0.1) is 0 Å². The van der Waals surface area contributed by atoms with Crippen molar-refractivity contribution in [3.63, 3.8) is 0 Å². The summed E-state index contributed by atoms with van der Waals surface area (Å²) < 4.78 is 37.9. The second-order valence-electron chi connectivity index (χ2n) is 5.04. The van der Waals surface area contributed by atoms with E-state index < -0.39 is 18.6 Å². The molecular formula is C16H14F2N2O3. The van der Waals surface area contributed by atoms with Gasteiger partial charge in [-0.2, -0.15) is 8.78 Å². The molecule has 0 bridgehead atoms. The topological polar surface area (TPSA) is 57.3 Å².